The van der Waals surface area contributed by atoms with Crippen LogP contribution in [0.1, 0.15) is 22.6 Å². The topological polar surface area (TPSA) is 92.7 Å². The van der Waals surface area contributed by atoms with Crippen molar-refractivity contribution in [2.75, 3.05) is 26.2 Å². The van der Waals surface area contributed by atoms with E-state index in [0.29, 0.717) is 55.1 Å². The van der Waals surface area contributed by atoms with E-state index in [1.807, 2.05) is 32.9 Å². The highest BCUT2D eigenvalue weighted by molar-refractivity contribution is 7.89. The van der Waals surface area contributed by atoms with Gasteiger partial charge in [-0.2, -0.15) is 9.29 Å². The first-order valence-corrected chi connectivity index (χ1v) is 11.0. The quantitative estimate of drug-likeness (QED) is 0.631. The third-order valence-electron chi connectivity index (χ3n) is 5.10. The van der Waals surface area contributed by atoms with Crippen molar-refractivity contribution in [3.63, 3.8) is 0 Å². The largest absolute Gasteiger partial charge is 0.461 e. The van der Waals surface area contributed by atoms with Crippen molar-refractivity contribution in [1.82, 2.24) is 19.3 Å². The summed E-state index contributed by atoms with van der Waals surface area (Å²) >= 11 is 0. The number of rotatable bonds is 5. The lowest BCUT2D eigenvalue weighted by Crippen LogP contribution is -2.48. The summed E-state index contributed by atoms with van der Waals surface area (Å²) in [6.07, 6.45) is 1.56. The maximum atomic E-state index is 13.2. The first kappa shape index (κ1) is 19.8. The first-order chi connectivity index (χ1) is 13.8. The monoisotopic (exact) mass is 416 g/mol. The van der Waals surface area contributed by atoms with Gasteiger partial charge in [0.2, 0.25) is 21.7 Å². The Kier molecular flexibility index (Phi) is 5.28. The summed E-state index contributed by atoms with van der Waals surface area (Å²) in [7, 11) is -3.52. The molecule has 0 amide bonds. The Bertz CT molecular complexity index is 1070. The van der Waals surface area contributed by atoms with Crippen molar-refractivity contribution in [1.29, 1.82) is 0 Å². The number of benzene rings is 1. The standard InChI is InChI=1S/C20H24N4O4S/c1-14-11-15(2)19(16(3)12-14)29(25,26)24-8-6-23(7-9-24)13-18-21-20(22-28-18)17-5-4-10-27-17/h4-5,10-12H,6-9,13H2,1-3H3. The first-order valence-electron chi connectivity index (χ1n) is 9.51. The second kappa shape index (κ2) is 7.74. The molecule has 0 unspecified atom stereocenters. The summed E-state index contributed by atoms with van der Waals surface area (Å²) in [6.45, 7) is 8.21. The molecule has 3 aromatic rings. The van der Waals surface area contributed by atoms with Crippen molar-refractivity contribution < 1.29 is 17.4 Å². The molecule has 1 aromatic carbocycles. The molecule has 1 saturated heterocycles. The van der Waals surface area contributed by atoms with Gasteiger partial charge in [-0.25, -0.2) is 8.42 Å². The zero-order chi connectivity index (χ0) is 20.6. The average Bonchev–Trinajstić information content (AvgIpc) is 3.32. The van der Waals surface area contributed by atoms with Crippen molar-refractivity contribution in [3.8, 4) is 11.6 Å². The van der Waals surface area contributed by atoms with E-state index in [2.05, 4.69) is 15.0 Å². The molecule has 154 valence electrons. The minimum Gasteiger partial charge on any atom is -0.461 e. The third kappa shape index (κ3) is 3.98. The molecule has 4 rings (SSSR count). The fourth-order valence-corrected chi connectivity index (χ4v) is 5.68. The lowest BCUT2D eigenvalue weighted by molar-refractivity contribution is 0.163. The molecular formula is C20H24N4O4S. The summed E-state index contributed by atoms with van der Waals surface area (Å²) < 4.78 is 38.5. The Morgan fingerprint density at radius 1 is 1.07 bits per heavy atom. The molecule has 0 bridgehead atoms. The minimum atomic E-state index is -3.52. The second-order valence-corrected chi connectivity index (χ2v) is 9.27. The van der Waals surface area contributed by atoms with Crippen LogP contribution in [-0.4, -0.2) is 53.9 Å². The summed E-state index contributed by atoms with van der Waals surface area (Å²) in [5.41, 5.74) is 2.65. The van der Waals surface area contributed by atoms with E-state index in [1.54, 1.807) is 22.7 Å². The van der Waals surface area contributed by atoms with E-state index in [-0.39, 0.29) is 0 Å². The number of piperazine rings is 1. The summed E-state index contributed by atoms with van der Waals surface area (Å²) in [5.74, 6) is 1.45. The van der Waals surface area contributed by atoms with Gasteiger partial charge >= 0.3 is 0 Å². The fraction of sp³-hybridized carbons (Fsp3) is 0.400. The van der Waals surface area contributed by atoms with Gasteiger partial charge < -0.3 is 8.94 Å². The predicted octanol–water partition coefficient (Wildman–Crippen LogP) is 2.76. The van der Waals surface area contributed by atoms with Crippen LogP contribution in [0.2, 0.25) is 0 Å². The van der Waals surface area contributed by atoms with Gasteiger partial charge in [0.25, 0.3) is 0 Å². The van der Waals surface area contributed by atoms with Gasteiger partial charge in [0, 0.05) is 26.2 Å². The zero-order valence-corrected chi connectivity index (χ0v) is 17.6. The number of hydrogen-bond donors (Lipinski definition) is 0. The molecule has 8 nitrogen and oxygen atoms in total. The molecule has 0 saturated carbocycles. The van der Waals surface area contributed by atoms with Crippen LogP contribution < -0.4 is 0 Å². The lowest BCUT2D eigenvalue weighted by Gasteiger charge is -2.33. The Balaban J connectivity index is 1.42. The van der Waals surface area contributed by atoms with Gasteiger partial charge in [0.05, 0.1) is 17.7 Å². The Hall–Kier alpha value is -2.49. The van der Waals surface area contributed by atoms with E-state index in [9.17, 15) is 8.42 Å². The molecule has 1 fully saturated rings. The van der Waals surface area contributed by atoms with Crippen molar-refractivity contribution in [3.05, 3.63) is 53.1 Å². The number of nitrogens with zero attached hydrogens (tertiary/aromatic N) is 4. The second-order valence-electron chi connectivity index (χ2n) is 7.40. The third-order valence-corrected chi connectivity index (χ3v) is 7.31. The summed E-state index contributed by atoms with van der Waals surface area (Å²) in [5, 5.41) is 3.93. The van der Waals surface area contributed by atoms with Gasteiger partial charge in [0.15, 0.2) is 5.76 Å². The molecule has 1 aliphatic rings. The molecule has 3 heterocycles. The van der Waals surface area contributed by atoms with Crippen LogP contribution in [0.25, 0.3) is 11.6 Å². The van der Waals surface area contributed by atoms with Crippen LogP contribution in [0.5, 0.6) is 0 Å². The smallest absolute Gasteiger partial charge is 0.243 e. The van der Waals surface area contributed by atoms with Gasteiger partial charge in [-0.15, -0.1) is 0 Å². The van der Waals surface area contributed by atoms with Crippen molar-refractivity contribution >= 4 is 10.0 Å². The van der Waals surface area contributed by atoms with Gasteiger partial charge in [-0.1, -0.05) is 22.9 Å². The molecule has 0 radical (unpaired) electrons. The number of sulfonamides is 1. The Morgan fingerprint density at radius 3 is 2.38 bits per heavy atom. The number of aromatic nitrogens is 2. The van der Waals surface area contributed by atoms with Crippen LogP contribution in [0.3, 0.4) is 0 Å². The molecule has 29 heavy (non-hydrogen) atoms. The number of furan rings is 1. The van der Waals surface area contributed by atoms with Crippen LogP contribution in [0.15, 0.2) is 44.4 Å². The van der Waals surface area contributed by atoms with Crippen LogP contribution >= 0.6 is 0 Å². The molecule has 0 aliphatic carbocycles. The van der Waals surface area contributed by atoms with E-state index >= 15 is 0 Å². The highest BCUT2D eigenvalue weighted by Gasteiger charge is 2.31. The minimum absolute atomic E-state index is 0.413. The van der Waals surface area contributed by atoms with Crippen LogP contribution in [0.4, 0.5) is 0 Å². The fourth-order valence-electron chi connectivity index (χ4n) is 3.85. The molecule has 0 spiro atoms. The maximum Gasteiger partial charge on any atom is 0.243 e. The normalized spacial score (nSPS) is 16.4. The lowest BCUT2D eigenvalue weighted by atomic mass is 10.1. The summed E-state index contributed by atoms with van der Waals surface area (Å²) in [4.78, 5) is 6.89. The van der Waals surface area contributed by atoms with Crippen molar-refractivity contribution in [2.45, 2.75) is 32.2 Å². The van der Waals surface area contributed by atoms with Gasteiger partial charge in [-0.05, 0) is 44.0 Å². The van der Waals surface area contributed by atoms with Gasteiger partial charge in [-0.3, -0.25) is 4.90 Å². The molecule has 0 N–H and O–H groups in total. The highest BCUT2D eigenvalue weighted by Crippen LogP contribution is 2.26. The molecule has 9 heteroatoms. The van der Waals surface area contributed by atoms with Crippen molar-refractivity contribution in [2.24, 2.45) is 0 Å². The van der Waals surface area contributed by atoms with E-state index in [1.165, 1.54) is 0 Å². The average molecular weight is 417 g/mol. The number of aryl methyl sites for hydroxylation is 3. The van der Waals surface area contributed by atoms with E-state index < -0.39 is 10.0 Å². The molecule has 2 aromatic heterocycles. The Labute approximate surface area is 170 Å². The van der Waals surface area contributed by atoms with Gasteiger partial charge in [0.1, 0.15) is 0 Å². The van der Waals surface area contributed by atoms with Crippen LogP contribution in [-0.2, 0) is 16.6 Å². The maximum absolute atomic E-state index is 13.2. The SMILES string of the molecule is Cc1cc(C)c(S(=O)(=O)N2CCN(Cc3nc(-c4ccco4)no3)CC2)c(C)c1. The van der Waals surface area contributed by atoms with E-state index in [4.69, 9.17) is 8.94 Å². The summed E-state index contributed by atoms with van der Waals surface area (Å²) in [6, 6.07) is 7.38. The zero-order valence-electron chi connectivity index (χ0n) is 16.8. The molecule has 1 aliphatic heterocycles. The number of hydrogen-bond acceptors (Lipinski definition) is 7. The molecule has 0 atom stereocenters. The van der Waals surface area contributed by atoms with E-state index in [0.717, 1.165) is 16.7 Å². The molecular weight excluding hydrogens is 392 g/mol. The predicted molar refractivity (Wildman–Crippen MR) is 107 cm³/mol. The Morgan fingerprint density at radius 2 is 1.76 bits per heavy atom. The highest BCUT2D eigenvalue weighted by atomic mass is 32.2. The van der Waals surface area contributed by atoms with Crippen LogP contribution in [0, 0.1) is 20.8 Å².